The molecule has 0 radical (unpaired) electrons. The summed E-state index contributed by atoms with van der Waals surface area (Å²) in [6.45, 7) is 5.67. The molecule has 1 aliphatic rings. The summed E-state index contributed by atoms with van der Waals surface area (Å²) in [5.41, 5.74) is 1.82. The standard InChI is InChI=1S/C15H21BrClN/c1-15(2)7-5-13(6-8-15)18-10-11-3-4-12(17)9-14(11)16/h3-4,9,13,18H,5-8,10H2,1-2H3. The van der Waals surface area contributed by atoms with Gasteiger partial charge in [-0.15, -0.1) is 0 Å². The van der Waals surface area contributed by atoms with Gasteiger partial charge in [0.25, 0.3) is 0 Å². The molecule has 0 unspecified atom stereocenters. The van der Waals surface area contributed by atoms with Crippen molar-refractivity contribution in [2.24, 2.45) is 5.41 Å². The Hall–Kier alpha value is -0.0500. The summed E-state index contributed by atoms with van der Waals surface area (Å²) in [4.78, 5) is 0. The molecular formula is C15H21BrClN. The Balaban J connectivity index is 1.85. The second kappa shape index (κ2) is 5.94. The van der Waals surface area contributed by atoms with Crippen molar-refractivity contribution in [3.05, 3.63) is 33.3 Å². The SMILES string of the molecule is CC1(C)CCC(NCc2ccc(Cl)cc2Br)CC1. The molecule has 1 aromatic rings. The molecule has 100 valence electrons. The van der Waals surface area contributed by atoms with E-state index in [1.165, 1.54) is 31.2 Å². The highest BCUT2D eigenvalue weighted by Gasteiger charge is 2.26. The van der Waals surface area contributed by atoms with Crippen LogP contribution < -0.4 is 5.32 Å². The third-order valence-corrected chi connectivity index (χ3v) is 4.91. The second-order valence-electron chi connectivity index (χ2n) is 6.06. The molecule has 1 aromatic carbocycles. The van der Waals surface area contributed by atoms with E-state index in [0.717, 1.165) is 16.0 Å². The van der Waals surface area contributed by atoms with Crippen molar-refractivity contribution in [2.45, 2.75) is 52.1 Å². The topological polar surface area (TPSA) is 12.0 Å². The maximum Gasteiger partial charge on any atom is 0.0417 e. The van der Waals surface area contributed by atoms with Crippen LogP contribution >= 0.6 is 27.5 Å². The van der Waals surface area contributed by atoms with Gasteiger partial charge >= 0.3 is 0 Å². The average Bonchev–Trinajstić information content (AvgIpc) is 2.29. The molecule has 0 aliphatic heterocycles. The lowest BCUT2D eigenvalue weighted by Gasteiger charge is -2.34. The number of hydrogen-bond donors (Lipinski definition) is 1. The maximum atomic E-state index is 5.95. The predicted molar refractivity (Wildman–Crippen MR) is 82.0 cm³/mol. The van der Waals surface area contributed by atoms with Crippen LogP contribution in [0.3, 0.4) is 0 Å². The quantitative estimate of drug-likeness (QED) is 0.807. The zero-order valence-corrected chi connectivity index (χ0v) is 13.4. The van der Waals surface area contributed by atoms with Gasteiger partial charge in [-0.2, -0.15) is 0 Å². The van der Waals surface area contributed by atoms with Crippen LogP contribution in [0.2, 0.25) is 5.02 Å². The first-order valence-corrected chi connectivity index (χ1v) is 7.81. The molecule has 0 saturated heterocycles. The number of hydrogen-bond acceptors (Lipinski definition) is 1. The largest absolute Gasteiger partial charge is 0.310 e. The van der Waals surface area contributed by atoms with E-state index in [9.17, 15) is 0 Å². The summed E-state index contributed by atoms with van der Waals surface area (Å²) in [6.07, 6.45) is 5.23. The van der Waals surface area contributed by atoms with Crippen LogP contribution in [0.25, 0.3) is 0 Å². The fraction of sp³-hybridized carbons (Fsp3) is 0.600. The van der Waals surface area contributed by atoms with Crippen molar-refractivity contribution < 1.29 is 0 Å². The summed E-state index contributed by atoms with van der Waals surface area (Å²) < 4.78 is 1.10. The second-order valence-corrected chi connectivity index (χ2v) is 7.35. The van der Waals surface area contributed by atoms with Crippen LogP contribution in [-0.4, -0.2) is 6.04 Å². The van der Waals surface area contributed by atoms with Crippen LogP contribution in [-0.2, 0) is 6.54 Å². The van der Waals surface area contributed by atoms with E-state index in [2.05, 4.69) is 41.2 Å². The molecule has 1 aliphatic carbocycles. The molecule has 3 heteroatoms. The van der Waals surface area contributed by atoms with Crippen molar-refractivity contribution in [3.8, 4) is 0 Å². The Morgan fingerprint density at radius 2 is 2.00 bits per heavy atom. The number of benzene rings is 1. The predicted octanol–water partition coefficient (Wildman–Crippen LogP) is 5.16. The van der Waals surface area contributed by atoms with Crippen LogP contribution in [0.4, 0.5) is 0 Å². The molecule has 0 amide bonds. The molecule has 0 spiro atoms. The minimum atomic E-state index is 0.541. The van der Waals surface area contributed by atoms with Crippen molar-refractivity contribution in [1.82, 2.24) is 5.32 Å². The lowest BCUT2D eigenvalue weighted by Crippen LogP contribution is -2.35. The van der Waals surface area contributed by atoms with Gasteiger partial charge in [0, 0.05) is 22.1 Å². The van der Waals surface area contributed by atoms with Gasteiger partial charge in [0.1, 0.15) is 0 Å². The molecule has 1 saturated carbocycles. The fourth-order valence-corrected chi connectivity index (χ4v) is 3.35. The van der Waals surface area contributed by atoms with E-state index in [1.807, 2.05) is 12.1 Å². The van der Waals surface area contributed by atoms with Crippen LogP contribution in [0, 0.1) is 5.41 Å². The number of rotatable bonds is 3. The van der Waals surface area contributed by atoms with E-state index >= 15 is 0 Å². The smallest absolute Gasteiger partial charge is 0.0417 e. The first-order chi connectivity index (χ1) is 8.46. The molecule has 0 heterocycles. The van der Waals surface area contributed by atoms with Gasteiger partial charge in [-0.05, 0) is 48.8 Å². The van der Waals surface area contributed by atoms with Crippen LogP contribution in [0.15, 0.2) is 22.7 Å². The van der Waals surface area contributed by atoms with E-state index < -0.39 is 0 Å². The van der Waals surface area contributed by atoms with Gasteiger partial charge in [0.2, 0.25) is 0 Å². The Bertz CT molecular complexity index is 407. The normalized spacial score (nSPS) is 20.0. The highest BCUT2D eigenvalue weighted by Crippen LogP contribution is 2.35. The minimum Gasteiger partial charge on any atom is -0.310 e. The lowest BCUT2D eigenvalue weighted by molar-refractivity contribution is 0.206. The zero-order chi connectivity index (χ0) is 13.2. The Morgan fingerprint density at radius 3 is 2.61 bits per heavy atom. The highest BCUT2D eigenvalue weighted by atomic mass is 79.9. The number of nitrogens with one attached hydrogen (secondary N) is 1. The van der Waals surface area contributed by atoms with Gasteiger partial charge in [-0.3, -0.25) is 0 Å². The molecule has 0 aromatic heterocycles. The van der Waals surface area contributed by atoms with Gasteiger partial charge in [0.15, 0.2) is 0 Å². The van der Waals surface area contributed by atoms with E-state index in [-0.39, 0.29) is 0 Å². The highest BCUT2D eigenvalue weighted by molar-refractivity contribution is 9.10. The lowest BCUT2D eigenvalue weighted by atomic mass is 9.75. The van der Waals surface area contributed by atoms with Crippen molar-refractivity contribution in [3.63, 3.8) is 0 Å². The minimum absolute atomic E-state index is 0.541. The third kappa shape index (κ3) is 3.97. The van der Waals surface area contributed by atoms with Gasteiger partial charge in [0.05, 0.1) is 0 Å². The summed E-state index contributed by atoms with van der Waals surface area (Å²) in [5, 5.41) is 4.45. The van der Waals surface area contributed by atoms with E-state index in [1.54, 1.807) is 0 Å². The Morgan fingerprint density at radius 1 is 1.33 bits per heavy atom. The van der Waals surface area contributed by atoms with Gasteiger partial charge < -0.3 is 5.32 Å². The molecule has 0 atom stereocenters. The monoisotopic (exact) mass is 329 g/mol. The Labute approximate surface area is 123 Å². The molecule has 1 fully saturated rings. The van der Waals surface area contributed by atoms with Crippen LogP contribution in [0.1, 0.15) is 45.1 Å². The van der Waals surface area contributed by atoms with Crippen molar-refractivity contribution in [1.29, 1.82) is 0 Å². The summed E-state index contributed by atoms with van der Waals surface area (Å²) >= 11 is 9.51. The first-order valence-electron chi connectivity index (χ1n) is 6.64. The number of halogens is 2. The maximum absolute atomic E-state index is 5.95. The van der Waals surface area contributed by atoms with E-state index in [4.69, 9.17) is 11.6 Å². The first kappa shape index (κ1) is 14.4. The fourth-order valence-electron chi connectivity index (χ4n) is 2.52. The molecule has 0 bridgehead atoms. The van der Waals surface area contributed by atoms with Crippen molar-refractivity contribution >= 4 is 27.5 Å². The summed E-state index contributed by atoms with van der Waals surface area (Å²) in [6, 6.07) is 6.67. The van der Waals surface area contributed by atoms with E-state index in [0.29, 0.717) is 11.5 Å². The Kier molecular flexibility index (Phi) is 4.74. The molecular weight excluding hydrogens is 310 g/mol. The summed E-state index contributed by atoms with van der Waals surface area (Å²) in [7, 11) is 0. The van der Waals surface area contributed by atoms with Crippen LogP contribution in [0.5, 0.6) is 0 Å². The molecule has 2 rings (SSSR count). The van der Waals surface area contributed by atoms with Crippen molar-refractivity contribution in [2.75, 3.05) is 0 Å². The van der Waals surface area contributed by atoms with Gasteiger partial charge in [-0.1, -0.05) is 47.4 Å². The third-order valence-electron chi connectivity index (χ3n) is 3.94. The molecule has 18 heavy (non-hydrogen) atoms. The molecule has 1 N–H and O–H groups in total. The zero-order valence-electron chi connectivity index (χ0n) is 11.1. The average molecular weight is 331 g/mol. The molecule has 1 nitrogen and oxygen atoms in total. The van der Waals surface area contributed by atoms with Gasteiger partial charge in [-0.25, -0.2) is 0 Å². The summed E-state index contributed by atoms with van der Waals surface area (Å²) in [5.74, 6) is 0.